The predicted octanol–water partition coefficient (Wildman–Crippen LogP) is 3.99. The summed E-state index contributed by atoms with van der Waals surface area (Å²) in [6.45, 7) is 3.08. The van der Waals surface area contributed by atoms with E-state index in [9.17, 15) is 13.6 Å². The Labute approximate surface area is 196 Å². The first-order chi connectivity index (χ1) is 16.6. The molecule has 3 aromatic rings. The minimum absolute atomic E-state index is 0.0105. The second kappa shape index (κ2) is 9.69. The lowest BCUT2D eigenvalue weighted by Crippen LogP contribution is -2.50. The standard InChI is InChI=1S/C26H25F2N3O3/c27-20-6-2-1-5-19(20)26(32)29-16-23(18-9-10-24-25(15-18)34-17-33-24)31-13-11-30(12-14-31)22-8-4-3-7-21(22)28/h1-10,15,23H,11-14,16-17H2,(H,29,32)/t23-/m1/s1. The summed E-state index contributed by atoms with van der Waals surface area (Å²) >= 11 is 0. The van der Waals surface area contributed by atoms with Gasteiger partial charge in [-0.15, -0.1) is 0 Å². The quantitative estimate of drug-likeness (QED) is 0.597. The lowest BCUT2D eigenvalue weighted by atomic mass is 10.0. The predicted molar refractivity (Wildman–Crippen MR) is 124 cm³/mol. The van der Waals surface area contributed by atoms with Gasteiger partial charge in [-0.2, -0.15) is 0 Å². The van der Waals surface area contributed by atoms with Crippen LogP contribution in [0.4, 0.5) is 14.5 Å². The Balaban J connectivity index is 1.34. The van der Waals surface area contributed by atoms with E-state index < -0.39 is 11.7 Å². The number of nitrogens with one attached hydrogen (secondary N) is 1. The highest BCUT2D eigenvalue weighted by atomic mass is 19.1. The summed E-state index contributed by atoms with van der Waals surface area (Å²) in [4.78, 5) is 17.0. The van der Waals surface area contributed by atoms with Gasteiger partial charge in [-0.1, -0.05) is 30.3 Å². The van der Waals surface area contributed by atoms with Crippen molar-refractivity contribution in [3.63, 3.8) is 0 Å². The van der Waals surface area contributed by atoms with Crippen molar-refractivity contribution in [1.29, 1.82) is 0 Å². The smallest absolute Gasteiger partial charge is 0.254 e. The lowest BCUT2D eigenvalue weighted by molar-refractivity contribution is 0.0926. The number of piperazine rings is 1. The number of anilines is 1. The molecule has 176 valence electrons. The third kappa shape index (κ3) is 4.54. The molecule has 2 aliphatic heterocycles. The topological polar surface area (TPSA) is 54.0 Å². The number of hydrogen-bond donors (Lipinski definition) is 1. The Morgan fingerprint density at radius 3 is 2.35 bits per heavy atom. The molecule has 0 unspecified atom stereocenters. The molecule has 8 heteroatoms. The third-order valence-electron chi connectivity index (χ3n) is 6.30. The molecule has 0 radical (unpaired) electrons. The maximum absolute atomic E-state index is 14.3. The Morgan fingerprint density at radius 1 is 0.882 bits per heavy atom. The Bertz CT molecular complexity index is 1180. The van der Waals surface area contributed by atoms with E-state index in [-0.39, 0.29) is 30.8 Å². The van der Waals surface area contributed by atoms with Crippen LogP contribution in [0.1, 0.15) is 22.0 Å². The molecule has 3 aromatic carbocycles. The highest BCUT2D eigenvalue weighted by molar-refractivity contribution is 5.94. The van der Waals surface area contributed by atoms with Crippen LogP contribution in [-0.2, 0) is 0 Å². The van der Waals surface area contributed by atoms with Gasteiger partial charge in [-0.05, 0) is 42.0 Å². The van der Waals surface area contributed by atoms with Crippen molar-refractivity contribution in [2.24, 2.45) is 0 Å². The number of halogens is 2. The van der Waals surface area contributed by atoms with Crippen LogP contribution >= 0.6 is 0 Å². The van der Waals surface area contributed by atoms with Gasteiger partial charge in [0.05, 0.1) is 17.3 Å². The van der Waals surface area contributed by atoms with Crippen LogP contribution in [-0.4, -0.2) is 50.3 Å². The van der Waals surface area contributed by atoms with E-state index in [1.54, 1.807) is 24.3 Å². The summed E-state index contributed by atoms with van der Waals surface area (Å²) in [6.07, 6.45) is 0. The zero-order valence-electron chi connectivity index (χ0n) is 18.5. The number of hydrogen-bond acceptors (Lipinski definition) is 5. The largest absolute Gasteiger partial charge is 0.454 e. The molecule has 1 N–H and O–H groups in total. The number of para-hydroxylation sites is 1. The van der Waals surface area contributed by atoms with E-state index >= 15 is 0 Å². The molecule has 5 rings (SSSR count). The molecule has 1 atom stereocenters. The molecular weight excluding hydrogens is 440 g/mol. The average Bonchev–Trinajstić information content (AvgIpc) is 3.33. The molecule has 1 fully saturated rings. The van der Waals surface area contributed by atoms with Gasteiger partial charge in [0, 0.05) is 32.7 Å². The van der Waals surface area contributed by atoms with Crippen LogP contribution < -0.4 is 19.7 Å². The number of benzene rings is 3. The molecule has 2 heterocycles. The molecule has 34 heavy (non-hydrogen) atoms. The van der Waals surface area contributed by atoms with Gasteiger partial charge in [-0.3, -0.25) is 9.69 Å². The second-order valence-corrected chi connectivity index (χ2v) is 8.29. The van der Waals surface area contributed by atoms with E-state index in [4.69, 9.17) is 9.47 Å². The van der Waals surface area contributed by atoms with Crippen LogP contribution in [0.25, 0.3) is 0 Å². The van der Waals surface area contributed by atoms with Crippen molar-refractivity contribution in [2.75, 3.05) is 44.4 Å². The number of amides is 1. The fraction of sp³-hybridized carbons (Fsp3) is 0.269. The summed E-state index contributed by atoms with van der Waals surface area (Å²) in [5.41, 5.74) is 1.56. The minimum atomic E-state index is -0.557. The van der Waals surface area contributed by atoms with Gasteiger partial charge in [-0.25, -0.2) is 8.78 Å². The van der Waals surface area contributed by atoms with Crippen molar-refractivity contribution in [3.05, 3.63) is 89.5 Å². The van der Waals surface area contributed by atoms with Crippen LogP contribution in [0.3, 0.4) is 0 Å². The number of carbonyl (C=O) groups excluding carboxylic acids is 1. The van der Waals surface area contributed by atoms with Gasteiger partial charge in [0.25, 0.3) is 5.91 Å². The first-order valence-electron chi connectivity index (χ1n) is 11.3. The number of ether oxygens (including phenoxy) is 2. The Kier molecular flexibility index (Phi) is 6.31. The maximum atomic E-state index is 14.3. The van der Waals surface area contributed by atoms with Crippen molar-refractivity contribution < 1.29 is 23.0 Å². The molecule has 1 amide bonds. The molecule has 0 bridgehead atoms. The number of carbonyl (C=O) groups is 1. The van der Waals surface area contributed by atoms with Gasteiger partial charge in [0.2, 0.25) is 6.79 Å². The van der Waals surface area contributed by atoms with E-state index in [2.05, 4.69) is 10.2 Å². The maximum Gasteiger partial charge on any atom is 0.254 e. The fourth-order valence-corrected chi connectivity index (χ4v) is 4.49. The highest BCUT2D eigenvalue weighted by Gasteiger charge is 2.28. The van der Waals surface area contributed by atoms with Crippen molar-refractivity contribution in [1.82, 2.24) is 10.2 Å². The van der Waals surface area contributed by atoms with E-state index in [0.717, 1.165) is 5.56 Å². The Hall–Kier alpha value is -3.65. The van der Waals surface area contributed by atoms with Gasteiger partial charge in [0.15, 0.2) is 11.5 Å². The SMILES string of the molecule is O=C(NC[C@H](c1ccc2c(c1)OCO2)N1CCN(c2ccccc2F)CC1)c1ccccc1F. The monoisotopic (exact) mass is 465 g/mol. The first kappa shape index (κ1) is 22.2. The van der Waals surface area contributed by atoms with Crippen molar-refractivity contribution in [3.8, 4) is 11.5 Å². The first-order valence-corrected chi connectivity index (χ1v) is 11.3. The summed E-state index contributed by atoms with van der Waals surface area (Å²) in [5.74, 6) is 0.0857. The Morgan fingerprint density at radius 2 is 1.59 bits per heavy atom. The molecule has 0 aliphatic carbocycles. The van der Waals surface area contributed by atoms with E-state index in [1.165, 1.54) is 18.2 Å². The fourth-order valence-electron chi connectivity index (χ4n) is 4.49. The van der Waals surface area contributed by atoms with E-state index in [0.29, 0.717) is 43.4 Å². The lowest BCUT2D eigenvalue weighted by Gasteiger charge is -2.40. The van der Waals surface area contributed by atoms with Crippen LogP contribution in [0.2, 0.25) is 0 Å². The molecule has 0 spiro atoms. The van der Waals surface area contributed by atoms with Crippen LogP contribution in [0.15, 0.2) is 66.7 Å². The summed E-state index contributed by atoms with van der Waals surface area (Å²) < 4.78 is 39.3. The van der Waals surface area contributed by atoms with Crippen molar-refractivity contribution in [2.45, 2.75) is 6.04 Å². The summed E-state index contributed by atoms with van der Waals surface area (Å²) in [6, 6.07) is 18.3. The van der Waals surface area contributed by atoms with Gasteiger partial charge >= 0.3 is 0 Å². The molecule has 0 saturated carbocycles. The van der Waals surface area contributed by atoms with Gasteiger partial charge < -0.3 is 19.7 Å². The molecule has 1 saturated heterocycles. The molecular formula is C26H25F2N3O3. The molecule has 6 nitrogen and oxygen atoms in total. The average molecular weight is 466 g/mol. The van der Waals surface area contributed by atoms with Gasteiger partial charge in [0.1, 0.15) is 11.6 Å². The number of fused-ring (bicyclic) bond motifs is 1. The van der Waals surface area contributed by atoms with Crippen LogP contribution in [0, 0.1) is 11.6 Å². The highest BCUT2D eigenvalue weighted by Crippen LogP contribution is 2.36. The zero-order valence-corrected chi connectivity index (χ0v) is 18.5. The van der Waals surface area contributed by atoms with Crippen molar-refractivity contribution >= 4 is 11.6 Å². The van der Waals surface area contributed by atoms with E-state index in [1.807, 2.05) is 29.2 Å². The molecule has 0 aromatic heterocycles. The number of nitrogens with zero attached hydrogens (tertiary/aromatic N) is 2. The number of rotatable bonds is 6. The van der Waals surface area contributed by atoms with Crippen LogP contribution in [0.5, 0.6) is 11.5 Å². The normalized spacial score (nSPS) is 16.4. The molecule has 2 aliphatic rings. The third-order valence-corrected chi connectivity index (χ3v) is 6.30. The second-order valence-electron chi connectivity index (χ2n) is 8.29. The minimum Gasteiger partial charge on any atom is -0.454 e. The zero-order chi connectivity index (χ0) is 23.5. The summed E-state index contributed by atoms with van der Waals surface area (Å²) in [7, 11) is 0. The summed E-state index contributed by atoms with van der Waals surface area (Å²) in [5, 5.41) is 2.89.